The van der Waals surface area contributed by atoms with Gasteiger partial charge in [-0.25, -0.2) is 9.97 Å². The van der Waals surface area contributed by atoms with E-state index in [1.54, 1.807) is 12.4 Å². The minimum Gasteiger partial charge on any atom is -0.364 e. The second-order valence-electron chi connectivity index (χ2n) is 7.63. The predicted octanol–water partition coefficient (Wildman–Crippen LogP) is 3.77. The minimum absolute atomic E-state index is 0.556. The smallest absolute Gasteiger partial charge is 0.137 e. The fourth-order valence-corrected chi connectivity index (χ4v) is 3.99. The molecule has 0 aliphatic carbocycles. The van der Waals surface area contributed by atoms with Crippen molar-refractivity contribution in [2.45, 2.75) is 26.4 Å². The molecule has 1 aliphatic rings. The van der Waals surface area contributed by atoms with E-state index in [9.17, 15) is 0 Å². The summed E-state index contributed by atoms with van der Waals surface area (Å²) in [5.41, 5.74) is 5.87. The maximum absolute atomic E-state index is 9.05. The molecule has 0 saturated heterocycles. The molecule has 0 saturated carbocycles. The highest BCUT2D eigenvalue weighted by Gasteiger charge is 2.20. The number of hydrogen-bond donors (Lipinski definition) is 1. The van der Waals surface area contributed by atoms with E-state index in [1.807, 2.05) is 43.5 Å². The van der Waals surface area contributed by atoms with Gasteiger partial charge in [-0.1, -0.05) is 12.1 Å². The van der Waals surface area contributed by atoms with Crippen LogP contribution in [0.3, 0.4) is 0 Å². The van der Waals surface area contributed by atoms with Gasteiger partial charge in [0, 0.05) is 42.4 Å². The topological polar surface area (TPSA) is 90.6 Å². The molecule has 0 bridgehead atoms. The van der Waals surface area contributed by atoms with Crippen LogP contribution in [-0.2, 0) is 19.5 Å². The molecule has 0 amide bonds. The molecule has 1 aliphatic heterocycles. The summed E-state index contributed by atoms with van der Waals surface area (Å²) < 4.78 is 0. The van der Waals surface area contributed by atoms with Crippen LogP contribution in [-0.4, -0.2) is 26.5 Å². The van der Waals surface area contributed by atoms with Gasteiger partial charge in [0.05, 0.1) is 29.4 Å². The molecule has 7 nitrogen and oxygen atoms in total. The van der Waals surface area contributed by atoms with Gasteiger partial charge < -0.3 is 10.2 Å². The molecule has 4 heterocycles. The van der Waals surface area contributed by atoms with Crippen LogP contribution in [0.25, 0.3) is 10.9 Å². The second-order valence-corrected chi connectivity index (χ2v) is 7.63. The molecule has 7 heteroatoms. The molecule has 4 aromatic rings. The number of anilines is 2. The number of nitriles is 1. The van der Waals surface area contributed by atoms with Gasteiger partial charge in [-0.2, -0.15) is 5.26 Å². The summed E-state index contributed by atoms with van der Waals surface area (Å²) in [6.45, 7) is 4.29. The molecule has 1 N–H and O–H groups in total. The van der Waals surface area contributed by atoms with E-state index >= 15 is 0 Å². The van der Waals surface area contributed by atoms with E-state index in [0.29, 0.717) is 12.1 Å². The lowest BCUT2D eigenvalue weighted by atomic mass is 10.1. The highest BCUT2D eigenvalue weighted by Crippen LogP contribution is 2.27. The van der Waals surface area contributed by atoms with E-state index in [-0.39, 0.29) is 0 Å². The fourth-order valence-electron chi connectivity index (χ4n) is 3.99. The summed E-state index contributed by atoms with van der Waals surface area (Å²) in [7, 11) is 0. The Morgan fingerprint density at radius 2 is 2.06 bits per heavy atom. The van der Waals surface area contributed by atoms with Crippen LogP contribution in [0.5, 0.6) is 0 Å². The highest BCUT2D eigenvalue weighted by atomic mass is 15.2. The maximum atomic E-state index is 9.05. The van der Waals surface area contributed by atoms with Gasteiger partial charge in [0.25, 0.3) is 0 Å². The van der Waals surface area contributed by atoms with Crippen molar-refractivity contribution >= 4 is 22.5 Å². The molecule has 0 unspecified atom stereocenters. The Bertz CT molecular complexity index is 1310. The van der Waals surface area contributed by atoms with Gasteiger partial charge in [0.2, 0.25) is 0 Å². The monoisotopic (exact) mass is 407 g/mol. The Morgan fingerprint density at radius 3 is 2.97 bits per heavy atom. The van der Waals surface area contributed by atoms with Crippen LogP contribution < -0.4 is 10.2 Å². The Morgan fingerprint density at radius 1 is 1.13 bits per heavy atom. The molecule has 3 aromatic heterocycles. The number of pyridine rings is 2. The first-order valence-corrected chi connectivity index (χ1v) is 10.2. The quantitative estimate of drug-likeness (QED) is 0.550. The van der Waals surface area contributed by atoms with Crippen LogP contribution in [0, 0.1) is 18.3 Å². The first-order chi connectivity index (χ1) is 15.2. The Labute approximate surface area is 180 Å². The lowest BCUT2D eigenvalue weighted by Crippen LogP contribution is -2.32. The normalized spacial score (nSPS) is 13.0. The van der Waals surface area contributed by atoms with E-state index in [4.69, 9.17) is 10.2 Å². The van der Waals surface area contributed by atoms with Crippen molar-refractivity contribution in [2.24, 2.45) is 0 Å². The molecule has 0 radical (unpaired) electrons. The van der Waals surface area contributed by atoms with E-state index in [0.717, 1.165) is 53.3 Å². The third-order valence-corrected chi connectivity index (χ3v) is 5.63. The summed E-state index contributed by atoms with van der Waals surface area (Å²) in [6, 6.07) is 15.8. The SMILES string of the molecule is Cc1c(NCc2ccc3cc(C#N)ccc3n2)ncnc1N1CCc2ncccc2C1. The van der Waals surface area contributed by atoms with Crippen molar-refractivity contribution in [3.8, 4) is 6.07 Å². The number of nitrogens with one attached hydrogen (secondary N) is 1. The first-order valence-electron chi connectivity index (χ1n) is 10.2. The average molecular weight is 407 g/mol. The van der Waals surface area contributed by atoms with Gasteiger partial charge in [-0.15, -0.1) is 0 Å². The molecule has 5 rings (SSSR count). The lowest BCUT2D eigenvalue weighted by Gasteiger charge is -2.30. The molecule has 152 valence electrons. The van der Waals surface area contributed by atoms with Crippen LogP contribution >= 0.6 is 0 Å². The molecule has 0 atom stereocenters. The Kier molecular flexibility index (Phi) is 4.89. The molecular formula is C24H21N7. The molecule has 0 spiro atoms. The average Bonchev–Trinajstić information content (AvgIpc) is 2.82. The summed E-state index contributed by atoms with van der Waals surface area (Å²) in [5.74, 6) is 1.76. The highest BCUT2D eigenvalue weighted by molar-refractivity contribution is 5.80. The van der Waals surface area contributed by atoms with Crippen LogP contribution in [0.2, 0.25) is 0 Å². The van der Waals surface area contributed by atoms with Crippen molar-refractivity contribution in [1.29, 1.82) is 5.26 Å². The summed E-state index contributed by atoms with van der Waals surface area (Å²) in [6.07, 6.45) is 4.38. The van der Waals surface area contributed by atoms with E-state index < -0.39 is 0 Å². The Hall–Kier alpha value is -4.05. The van der Waals surface area contributed by atoms with E-state index in [1.165, 1.54) is 11.3 Å². The Balaban J connectivity index is 1.34. The second kappa shape index (κ2) is 8.00. The molecule has 31 heavy (non-hydrogen) atoms. The number of nitrogens with zero attached hydrogens (tertiary/aromatic N) is 6. The largest absolute Gasteiger partial charge is 0.364 e. The van der Waals surface area contributed by atoms with Crippen molar-refractivity contribution in [2.75, 3.05) is 16.8 Å². The van der Waals surface area contributed by atoms with Gasteiger partial charge >= 0.3 is 0 Å². The number of fused-ring (bicyclic) bond motifs is 2. The predicted molar refractivity (Wildman–Crippen MR) is 120 cm³/mol. The van der Waals surface area contributed by atoms with Crippen molar-refractivity contribution < 1.29 is 0 Å². The summed E-state index contributed by atoms with van der Waals surface area (Å²) in [5, 5.41) is 13.4. The number of benzene rings is 1. The summed E-state index contributed by atoms with van der Waals surface area (Å²) in [4.78, 5) is 20.5. The zero-order chi connectivity index (χ0) is 21.2. The van der Waals surface area contributed by atoms with E-state index in [2.05, 4.69) is 37.3 Å². The molecular weight excluding hydrogens is 386 g/mol. The van der Waals surface area contributed by atoms with Crippen LogP contribution in [0.4, 0.5) is 11.6 Å². The standard InChI is InChI=1S/C24H21N7/c1-16-23(27-13-20-6-5-18-11-17(12-25)4-7-22(18)30-20)28-15-29-24(16)31-10-8-21-19(14-31)3-2-9-26-21/h2-7,9,11,15H,8,10,13-14H2,1H3,(H,27,28,29). The van der Waals surface area contributed by atoms with Crippen LogP contribution in [0.15, 0.2) is 55.0 Å². The maximum Gasteiger partial charge on any atom is 0.137 e. The van der Waals surface area contributed by atoms with Gasteiger partial charge in [-0.05, 0) is 42.8 Å². The minimum atomic E-state index is 0.556. The van der Waals surface area contributed by atoms with Gasteiger partial charge in [0.15, 0.2) is 0 Å². The number of hydrogen-bond acceptors (Lipinski definition) is 7. The zero-order valence-electron chi connectivity index (χ0n) is 17.2. The number of aromatic nitrogens is 4. The molecule has 0 fully saturated rings. The lowest BCUT2D eigenvalue weighted by molar-refractivity contribution is 0.699. The molecule has 1 aromatic carbocycles. The van der Waals surface area contributed by atoms with Gasteiger partial charge in [-0.3, -0.25) is 9.97 Å². The van der Waals surface area contributed by atoms with Crippen molar-refractivity contribution in [1.82, 2.24) is 19.9 Å². The summed E-state index contributed by atoms with van der Waals surface area (Å²) >= 11 is 0. The third kappa shape index (κ3) is 3.76. The zero-order valence-corrected chi connectivity index (χ0v) is 17.2. The number of rotatable bonds is 4. The fraction of sp³-hybridized carbons (Fsp3) is 0.208. The van der Waals surface area contributed by atoms with Crippen LogP contribution in [0.1, 0.15) is 28.1 Å². The first kappa shape index (κ1) is 18.9. The third-order valence-electron chi connectivity index (χ3n) is 5.63. The van der Waals surface area contributed by atoms with Crippen molar-refractivity contribution in [3.05, 3.63) is 83.1 Å². The van der Waals surface area contributed by atoms with Crippen molar-refractivity contribution in [3.63, 3.8) is 0 Å². The van der Waals surface area contributed by atoms with Gasteiger partial charge in [0.1, 0.15) is 18.0 Å².